The fourth-order valence-electron chi connectivity index (χ4n) is 5.46. The van der Waals surface area contributed by atoms with E-state index in [1.54, 1.807) is 19.1 Å². The summed E-state index contributed by atoms with van der Waals surface area (Å²) < 4.78 is 23.6. The van der Waals surface area contributed by atoms with Crippen molar-refractivity contribution in [3.8, 4) is 5.69 Å². The molecule has 6 nitrogen and oxygen atoms in total. The van der Waals surface area contributed by atoms with Crippen molar-refractivity contribution in [2.75, 3.05) is 6.61 Å². The third kappa shape index (κ3) is 5.28. The van der Waals surface area contributed by atoms with Gasteiger partial charge in [0.05, 0.1) is 28.5 Å². The predicted octanol–water partition coefficient (Wildman–Crippen LogP) is 6.14. The molecule has 6 rings (SSSR count). The van der Waals surface area contributed by atoms with Crippen molar-refractivity contribution in [2.24, 2.45) is 4.99 Å². The lowest BCUT2D eigenvalue weighted by atomic mass is 9.93. The Hall–Kier alpha value is -4.53. The van der Waals surface area contributed by atoms with E-state index in [2.05, 4.69) is 4.57 Å². The Labute approximate surface area is 256 Å². The lowest BCUT2D eigenvalue weighted by molar-refractivity contribution is -0.138. The summed E-state index contributed by atoms with van der Waals surface area (Å²) in [5.74, 6) is -1.00. The van der Waals surface area contributed by atoms with E-state index in [-0.39, 0.29) is 17.7 Å². The summed E-state index contributed by atoms with van der Waals surface area (Å²) in [6.07, 6.45) is 1.86. The minimum absolute atomic E-state index is 0.147. The first-order chi connectivity index (χ1) is 20.8. The summed E-state index contributed by atoms with van der Waals surface area (Å²) in [6, 6.07) is 23.9. The van der Waals surface area contributed by atoms with Gasteiger partial charge in [0.2, 0.25) is 0 Å². The summed E-state index contributed by atoms with van der Waals surface area (Å²) >= 11 is 7.35. The third-order valence-corrected chi connectivity index (χ3v) is 8.64. The summed E-state index contributed by atoms with van der Waals surface area (Å²) in [5, 5.41) is 0.653. The van der Waals surface area contributed by atoms with Crippen LogP contribution in [0.25, 0.3) is 17.5 Å². The van der Waals surface area contributed by atoms with Crippen molar-refractivity contribution in [1.29, 1.82) is 0 Å². The normalized spacial score (nSPS) is 14.9. The third-order valence-electron chi connectivity index (χ3n) is 7.40. The standard InChI is InChI=1S/C34H27ClFN3O3S/c1-4-42-33(41)29-30(22-8-6-5-7-9-22)37-34-39(31(29)23-10-14-26(36)15-11-23)32(40)28(43-34)19-24-18-20(2)38(21(24)3)27-16-12-25(35)13-17-27/h5-19,31H,4H2,1-3H3/b28-19-/t31-/m0/s1. The number of fused-ring (bicyclic) bond motifs is 1. The molecule has 216 valence electrons. The number of hydrogen-bond acceptors (Lipinski definition) is 5. The molecule has 1 atom stereocenters. The van der Waals surface area contributed by atoms with Gasteiger partial charge in [0.25, 0.3) is 5.56 Å². The van der Waals surface area contributed by atoms with Gasteiger partial charge in [0.1, 0.15) is 5.82 Å². The van der Waals surface area contributed by atoms with Crippen LogP contribution in [0.2, 0.25) is 5.02 Å². The van der Waals surface area contributed by atoms with Crippen molar-refractivity contribution in [3.05, 3.63) is 149 Å². The second-order valence-corrected chi connectivity index (χ2v) is 11.6. The maximum absolute atomic E-state index is 14.2. The Morgan fingerprint density at radius 3 is 2.42 bits per heavy atom. The minimum Gasteiger partial charge on any atom is -0.463 e. The Morgan fingerprint density at radius 2 is 1.74 bits per heavy atom. The van der Waals surface area contributed by atoms with Crippen LogP contribution in [0.15, 0.2) is 100 Å². The Kier molecular flexibility index (Phi) is 7.73. The van der Waals surface area contributed by atoms with Crippen molar-refractivity contribution in [2.45, 2.75) is 26.8 Å². The molecule has 0 fully saturated rings. The van der Waals surface area contributed by atoms with Gasteiger partial charge in [0, 0.05) is 27.7 Å². The Morgan fingerprint density at radius 1 is 1.05 bits per heavy atom. The molecule has 3 heterocycles. The van der Waals surface area contributed by atoms with E-state index in [1.807, 2.05) is 80.6 Å². The van der Waals surface area contributed by atoms with Gasteiger partial charge in [-0.15, -0.1) is 0 Å². The maximum atomic E-state index is 14.2. The highest BCUT2D eigenvalue weighted by Crippen LogP contribution is 2.35. The molecular formula is C34H27ClFN3O3S. The first-order valence-electron chi connectivity index (χ1n) is 13.8. The van der Waals surface area contributed by atoms with E-state index in [9.17, 15) is 14.0 Å². The highest BCUT2D eigenvalue weighted by molar-refractivity contribution is 7.07. The summed E-state index contributed by atoms with van der Waals surface area (Å²) in [6.45, 7) is 5.88. The maximum Gasteiger partial charge on any atom is 0.338 e. The molecule has 43 heavy (non-hydrogen) atoms. The second-order valence-electron chi connectivity index (χ2n) is 10.1. The molecule has 0 unspecified atom stereocenters. The zero-order valence-corrected chi connectivity index (χ0v) is 25.2. The van der Waals surface area contributed by atoms with Crippen molar-refractivity contribution in [1.82, 2.24) is 9.13 Å². The molecule has 1 aliphatic heterocycles. The number of carbonyl (C=O) groups is 1. The number of ether oxygens (including phenoxy) is 1. The lowest BCUT2D eigenvalue weighted by Crippen LogP contribution is -2.40. The van der Waals surface area contributed by atoms with Crippen LogP contribution in [0.1, 0.15) is 41.0 Å². The number of aromatic nitrogens is 2. The highest BCUT2D eigenvalue weighted by Gasteiger charge is 2.35. The molecule has 0 radical (unpaired) electrons. The van der Waals surface area contributed by atoms with Crippen LogP contribution in [0.4, 0.5) is 4.39 Å². The molecule has 9 heteroatoms. The first kappa shape index (κ1) is 28.6. The molecule has 5 aromatic rings. The average molecular weight is 612 g/mol. The summed E-state index contributed by atoms with van der Waals surface area (Å²) in [7, 11) is 0. The van der Waals surface area contributed by atoms with Crippen LogP contribution in [0, 0.1) is 19.7 Å². The van der Waals surface area contributed by atoms with Crippen LogP contribution >= 0.6 is 22.9 Å². The molecular weight excluding hydrogens is 585 g/mol. The van der Waals surface area contributed by atoms with E-state index in [4.69, 9.17) is 21.3 Å². The van der Waals surface area contributed by atoms with Crippen LogP contribution in [0.3, 0.4) is 0 Å². The van der Waals surface area contributed by atoms with Crippen molar-refractivity contribution in [3.63, 3.8) is 0 Å². The average Bonchev–Trinajstić information content (AvgIpc) is 3.47. The van der Waals surface area contributed by atoms with Gasteiger partial charge in [-0.3, -0.25) is 9.36 Å². The molecule has 0 amide bonds. The van der Waals surface area contributed by atoms with Crippen molar-refractivity contribution < 1.29 is 13.9 Å². The highest BCUT2D eigenvalue weighted by atomic mass is 35.5. The fraction of sp³-hybridized carbons (Fsp3) is 0.147. The van der Waals surface area contributed by atoms with Gasteiger partial charge in [-0.25, -0.2) is 14.2 Å². The summed E-state index contributed by atoms with van der Waals surface area (Å²) in [4.78, 5) is 33.0. The number of esters is 1. The van der Waals surface area contributed by atoms with Gasteiger partial charge in [0.15, 0.2) is 4.80 Å². The van der Waals surface area contributed by atoms with Gasteiger partial charge in [-0.1, -0.05) is 65.4 Å². The number of carbonyl (C=O) groups excluding carboxylic acids is 1. The number of rotatable bonds is 6. The van der Waals surface area contributed by atoms with Crippen molar-refractivity contribution >= 4 is 40.7 Å². The molecule has 3 aromatic carbocycles. The van der Waals surface area contributed by atoms with Gasteiger partial charge in [-0.05, 0) is 80.4 Å². The van der Waals surface area contributed by atoms with E-state index in [0.29, 0.717) is 31.2 Å². The molecule has 0 N–H and O–H groups in total. The number of aryl methyl sites for hydroxylation is 1. The topological polar surface area (TPSA) is 65.6 Å². The Bertz CT molecular complexity index is 2060. The lowest BCUT2D eigenvalue weighted by Gasteiger charge is -2.25. The predicted molar refractivity (Wildman–Crippen MR) is 168 cm³/mol. The second kappa shape index (κ2) is 11.6. The molecule has 0 aliphatic carbocycles. The number of hydrogen-bond donors (Lipinski definition) is 0. The quantitative estimate of drug-likeness (QED) is 0.217. The number of halogens is 2. The van der Waals surface area contributed by atoms with Crippen LogP contribution in [0.5, 0.6) is 0 Å². The molecule has 0 bridgehead atoms. The number of thiazole rings is 1. The van der Waals surface area contributed by atoms with Gasteiger partial charge >= 0.3 is 5.97 Å². The van der Waals surface area contributed by atoms with Gasteiger partial charge < -0.3 is 9.30 Å². The molecule has 0 saturated carbocycles. The molecule has 0 saturated heterocycles. The van der Waals surface area contributed by atoms with Crippen LogP contribution in [-0.2, 0) is 9.53 Å². The summed E-state index contributed by atoms with van der Waals surface area (Å²) in [5.41, 5.74) is 5.41. The van der Waals surface area contributed by atoms with Crippen LogP contribution in [-0.4, -0.2) is 21.7 Å². The SMILES string of the molecule is CCOC(=O)C1=C(c2ccccc2)N=c2s/c(=C\c3cc(C)n(-c4ccc(Cl)cc4)c3C)c(=O)n2[C@H]1c1ccc(F)cc1. The molecule has 0 spiro atoms. The largest absolute Gasteiger partial charge is 0.463 e. The van der Waals surface area contributed by atoms with E-state index < -0.39 is 17.8 Å². The smallest absolute Gasteiger partial charge is 0.338 e. The minimum atomic E-state index is -0.866. The number of benzene rings is 3. The first-order valence-corrected chi connectivity index (χ1v) is 14.9. The van der Waals surface area contributed by atoms with Crippen LogP contribution < -0.4 is 14.9 Å². The Balaban J connectivity index is 1.59. The number of nitrogens with zero attached hydrogens (tertiary/aromatic N) is 3. The fourth-order valence-corrected chi connectivity index (χ4v) is 6.58. The van der Waals surface area contributed by atoms with E-state index >= 15 is 0 Å². The zero-order chi connectivity index (χ0) is 30.2. The molecule has 1 aliphatic rings. The van der Waals surface area contributed by atoms with E-state index in [0.717, 1.165) is 22.6 Å². The van der Waals surface area contributed by atoms with Gasteiger partial charge in [-0.2, -0.15) is 0 Å². The van der Waals surface area contributed by atoms with E-state index in [1.165, 1.54) is 28.0 Å². The zero-order valence-electron chi connectivity index (χ0n) is 23.7. The monoisotopic (exact) mass is 611 g/mol. The molecule has 2 aromatic heterocycles.